The lowest BCUT2D eigenvalue weighted by atomic mass is 10.2. The molecule has 0 aliphatic carbocycles. The van der Waals surface area contributed by atoms with Crippen LogP contribution in [0.4, 0.5) is 0 Å². The van der Waals surface area contributed by atoms with Crippen LogP contribution in [0.5, 0.6) is 0 Å². The number of rotatable bonds is 7. The molecular formula is C16H25N5O. The summed E-state index contributed by atoms with van der Waals surface area (Å²) in [6.45, 7) is 10.2. The summed E-state index contributed by atoms with van der Waals surface area (Å²) in [5.74, 6) is 0.982. The van der Waals surface area contributed by atoms with Gasteiger partial charge in [0.25, 0.3) is 0 Å². The van der Waals surface area contributed by atoms with Gasteiger partial charge in [-0.3, -0.25) is 9.48 Å². The van der Waals surface area contributed by atoms with Gasteiger partial charge < -0.3 is 9.88 Å². The Kier molecular flexibility index (Phi) is 5.35. The Balaban J connectivity index is 1.87. The molecule has 2 aromatic heterocycles. The van der Waals surface area contributed by atoms with Crippen LogP contribution < -0.4 is 5.32 Å². The van der Waals surface area contributed by atoms with Gasteiger partial charge in [0.1, 0.15) is 5.82 Å². The summed E-state index contributed by atoms with van der Waals surface area (Å²) in [4.78, 5) is 16.2. The Bertz CT molecular complexity index is 641. The predicted octanol–water partition coefficient (Wildman–Crippen LogP) is 2.12. The van der Waals surface area contributed by atoms with Crippen molar-refractivity contribution >= 4 is 5.91 Å². The number of hydrogen-bond acceptors (Lipinski definition) is 3. The fraction of sp³-hybridized carbons (Fsp3) is 0.562. The second kappa shape index (κ2) is 7.24. The minimum Gasteiger partial charge on any atom is -0.352 e. The highest BCUT2D eigenvalue weighted by atomic mass is 16.1. The van der Waals surface area contributed by atoms with E-state index in [2.05, 4.69) is 29.2 Å². The van der Waals surface area contributed by atoms with E-state index in [0.717, 1.165) is 35.7 Å². The quantitative estimate of drug-likeness (QED) is 0.852. The van der Waals surface area contributed by atoms with Gasteiger partial charge in [0.05, 0.1) is 5.69 Å². The van der Waals surface area contributed by atoms with Crippen LogP contribution in [0.15, 0.2) is 12.4 Å². The highest BCUT2D eigenvalue weighted by Crippen LogP contribution is 2.13. The Hall–Kier alpha value is -2.11. The summed E-state index contributed by atoms with van der Waals surface area (Å²) in [5.41, 5.74) is 3.27. The van der Waals surface area contributed by atoms with E-state index in [-0.39, 0.29) is 5.91 Å². The number of amides is 1. The molecule has 0 fully saturated rings. The van der Waals surface area contributed by atoms with Gasteiger partial charge in [0, 0.05) is 49.7 Å². The lowest BCUT2D eigenvalue weighted by Gasteiger charge is -2.08. The molecular weight excluding hydrogens is 278 g/mol. The highest BCUT2D eigenvalue weighted by molar-refractivity contribution is 5.75. The molecule has 22 heavy (non-hydrogen) atoms. The van der Waals surface area contributed by atoms with Crippen molar-refractivity contribution in [3.8, 4) is 0 Å². The number of imidazole rings is 1. The van der Waals surface area contributed by atoms with Crippen molar-refractivity contribution in [3.05, 3.63) is 35.2 Å². The fourth-order valence-electron chi connectivity index (χ4n) is 2.56. The van der Waals surface area contributed by atoms with Gasteiger partial charge in [-0.25, -0.2) is 4.98 Å². The summed E-state index contributed by atoms with van der Waals surface area (Å²) >= 11 is 0. The zero-order valence-electron chi connectivity index (χ0n) is 13.9. The Morgan fingerprint density at radius 3 is 2.68 bits per heavy atom. The largest absolute Gasteiger partial charge is 0.352 e. The van der Waals surface area contributed by atoms with Crippen molar-refractivity contribution in [1.29, 1.82) is 0 Å². The Morgan fingerprint density at radius 2 is 2.05 bits per heavy atom. The molecule has 120 valence electrons. The van der Waals surface area contributed by atoms with Crippen molar-refractivity contribution in [2.75, 3.05) is 0 Å². The van der Waals surface area contributed by atoms with Gasteiger partial charge in [0.15, 0.2) is 0 Å². The van der Waals surface area contributed by atoms with E-state index < -0.39 is 0 Å². The highest BCUT2D eigenvalue weighted by Gasteiger charge is 2.12. The molecule has 0 atom stereocenters. The number of carbonyl (C=O) groups is 1. The number of aryl methyl sites for hydroxylation is 4. The summed E-state index contributed by atoms with van der Waals surface area (Å²) in [6.07, 6.45) is 5.16. The van der Waals surface area contributed by atoms with Gasteiger partial charge in [-0.05, 0) is 27.2 Å². The number of aromatic nitrogens is 4. The average Bonchev–Trinajstić information content (AvgIpc) is 3.00. The summed E-state index contributed by atoms with van der Waals surface area (Å²) in [6, 6.07) is 0. The van der Waals surface area contributed by atoms with E-state index in [4.69, 9.17) is 0 Å². The second-order valence-electron chi connectivity index (χ2n) is 5.57. The zero-order chi connectivity index (χ0) is 16.1. The number of nitrogens with one attached hydrogen (secondary N) is 1. The maximum absolute atomic E-state index is 12.0. The molecule has 2 heterocycles. The number of carbonyl (C=O) groups excluding carboxylic acids is 1. The van der Waals surface area contributed by atoms with E-state index >= 15 is 0 Å². The van der Waals surface area contributed by atoms with E-state index in [1.165, 1.54) is 0 Å². The molecule has 0 aliphatic rings. The van der Waals surface area contributed by atoms with Gasteiger partial charge in [0.2, 0.25) is 5.91 Å². The molecule has 2 rings (SSSR count). The fourth-order valence-corrected chi connectivity index (χ4v) is 2.56. The van der Waals surface area contributed by atoms with Crippen LogP contribution in [0.25, 0.3) is 0 Å². The Labute approximate surface area is 131 Å². The van der Waals surface area contributed by atoms with E-state index in [1.807, 2.05) is 29.3 Å². The summed E-state index contributed by atoms with van der Waals surface area (Å²) < 4.78 is 4.00. The van der Waals surface area contributed by atoms with Crippen LogP contribution in [-0.2, 0) is 24.4 Å². The standard InChI is InChI=1S/C16H25N5O/c1-5-8-21-13(3)15(12(2)19-21)11-18-16(22)6-9-20-10-7-17-14(20)4/h7,10H,5-6,8-9,11H2,1-4H3,(H,18,22). The van der Waals surface area contributed by atoms with Gasteiger partial charge in [-0.1, -0.05) is 6.92 Å². The van der Waals surface area contributed by atoms with Gasteiger partial charge in [-0.15, -0.1) is 0 Å². The van der Waals surface area contributed by atoms with Crippen LogP contribution in [-0.4, -0.2) is 25.2 Å². The first kappa shape index (κ1) is 16.3. The van der Waals surface area contributed by atoms with Crippen molar-refractivity contribution in [3.63, 3.8) is 0 Å². The molecule has 0 unspecified atom stereocenters. The van der Waals surface area contributed by atoms with Crippen LogP contribution in [0, 0.1) is 20.8 Å². The monoisotopic (exact) mass is 303 g/mol. The molecule has 6 heteroatoms. The minimum absolute atomic E-state index is 0.0511. The topological polar surface area (TPSA) is 64.7 Å². The first-order chi connectivity index (χ1) is 10.5. The first-order valence-corrected chi connectivity index (χ1v) is 7.80. The summed E-state index contributed by atoms with van der Waals surface area (Å²) in [7, 11) is 0. The van der Waals surface area contributed by atoms with Gasteiger partial charge in [-0.2, -0.15) is 5.10 Å². The van der Waals surface area contributed by atoms with Gasteiger partial charge >= 0.3 is 0 Å². The van der Waals surface area contributed by atoms with Crippen molar-refractivity contribution in [1.82, 2.24) is 24.6 Å². The zero-order valence-corrected chi connectivity index (χ0v) is 13.9. The van der Waals surface area contributed by atoms with E-state index in [9.17, 15) is 4.79 Å². The maximum Gasteiger partial charge on any atom is 0.222 e. The average molecular weight is 303 g/mol. The number of hydrogen-bond donors (Lipinski definition) is 1. The number of nitrogens with zero attached hydrogens (tertiary/aromatic N) is 4. The van der Waals surface area contributed by atoms with Crippen molar-refractivity contribution < 1.29 is 4.79 Å². The van der Waals surface area contributed by atoms with Crippen molar-refractivity contribution in [2.45, 2.75) is 60.2 Å². The molecule has 1 N–H and O–H groups in total. The molecule has 2 aromatic rings. The lowest BCUT2D eigenvalue weighted by molar-refractivity contribution is -0.121. The Morgan fingerprint density at radius 1 is 1.27 bits per heavy atom. The maximum atomic E-state index is 12.0. The second-order valence-corrected chi connectivity index (χ2v) is 5.57. The molecule has 1 amide bonds. The van der Waals surface area contributed by atoms with Crippen LogP contribution in [0.3, 0.4) is 0 Å². The third-order valence-corrected chi connectivity index (χ3v) is 3.93. The third-order valence-electron chi connectivity index (χ3n) is 3.93. The van der Waals surface area contributed by atoms with Crippen LogP contribution in [0.2, 0.25) is 0 Å². The smallest absolute Gasteiger partial charge is 0.222 e. The van der Waals surface area contributed by atoms with Crippen molar-refractivity contribution in [2.24, 2.45) is 0 Å². The van der Waals surface area contributed by atoms with E-state index in [0.29, 0.717) is 19.5 Å². The molecule has 0 spiro atoms. The SMILES string of the molecule is CCCn1nc(C)c(CNC(=O)CCn2ccnc2C)c1C. The van der Waals surface area contributed by atoms with Crippen LogP contribution >= 0.6 is 0 Å². The van der Waals surface area contributed by atoms with Crippen LogP contribution in [0.1, 0.15) is 42.5 Å². The predicted molar refractivity (Wildman–Crippen MR) is 85.4 cm³/mol. The molecule has 0 radical (unpaired) electrons. The van der Waals surface area contributed by atoms with E-state index in [1.54, 1.807) is 6.20 Å². The molecule has 0 aliphatic heterocycles. The normalized spacial score (nSPS) is 10.9. The molecule has 0 saturated heterocycles. The molecule has 0 saturated carbocycles. The molecule has 0 aromatic carbocycles. The summed E-state index contributed by atoms with van der Waals surface area (Å²) in [5, 5.41) is 7.52. The third kappa shape index (κ3) is 3.75. The molecule has 6 nitrogen and oxygen atoms in total. The first-order valence-electron chi connectivity index (χ1n) is 7.80. The lowest BCUT2D eigenvalue weighted by Crippen LogP contribution is -2.24. The minimum atomic E-state index is 0.0511. The molecule has 0 bridgehead atoms.